The minimum absolute atomic E-state index is 0.0315. The fourth-order valence-corrected chi connectivity index (χ4v) is 6.91. The predicted octanol–water partition coefficient (Wildman–Crippen LogP) is 3.68. The minimum Gasteiger partial charge on any atom is -0.493 e. The van der Waals surface area contributed by atoms with E-state index in [0.717, 1.165) is 31.9 Å². The summed E-state index contributed by atoms with van der Waals surface area (Å²) in [7, 11) is -2.81. The number of sulfonamides is 1. The van der Waals surface area contributed by atoms with Crippen molar-refractivity contribution in [3.05, 3.63) is 45.2 Å². The Bertz CT molecular complexity index is 1580. The number of aromatic amines is 1. The summed E-state index contributed by atoms with van der Waals surface area (Å²) in [4.78, 5) is 46.3. The van der Waals surface area contributed by atoms with Crippen LogP contribution in [0.3, 0.4) is 0 Å². The fourth-order valence-electron chi connectivity index (χ4n) is 5.41. The van der Waals surface area contributed by atoms with Crippen LogP contribution in [-0.2, 0) is 37.6 Å². The van der Waals surface area contributed by atoms with Gasteiger partial charge < -0.3 is 14.3 Å². The maximum Gasteiger partial charge on any atom is 0.477 e. The van der Waals surface area contributed by atoms with Crippen molar-refractivity contribution in [1.29, 1.82) is 0 Å². The van der Waals surface area contributed by atoms with Gasteiger partial charge >= 0.3 is 5.09 Å². The van der Waals surface area contributed by atoms with Gasteiger partial charge in [0, 0.05) is 31.7 Å². The molecule has 1 fully saturated rings. The first-order valence-corrected chi connectivity index (χ1v) is 16.0. The molecule has 2 N–H and O–H groups in total. The Labute approximate surface area is 250 Å². The normalized spacial score (nSPS) is 15.5. The monoisotopic (exact) mass is 622 g/mol. The molecule has 1 aliphatic heterocycles. The third kappa shape index (κ3) is 7.00. The maximum atomic E-state index is 13.8. The van der Waals surface area contributed by atoms with Gasteiger partial charge in [-0.3, -0.25) is 10.1 Å². The molecule has 1 aromatic carbocycles. The quantitative estimate of drug-likeness (QED) is 0.189. The predicted molar refractivity (Wildman–Crippen MR) is 157 cm³/mol. The second-order valence-corrected chi connectivity index (χ2v) is 12.3. The number of aromatic nitrogens is 3. The molecule has 14 nitrogen and oxygen atoms in total. The summed E-state index contributed by atoms with van der Waals surface area (Å²) in [6.07, 6.45) is 4.20. The van der Waals surface area contributed by atoms with Crippen LogP contribution in [0.25, 0.3) is 22.4 Å². The van der Waals surface area contributed by atoms with Gasteiger partial charge in [-0.05, 0) is 56.4 Å². The number of benzene rings is 1. The molecular formula is C28H40N5O9S+. The first-order valence-electron chi connectivity index (χ1n) is 14.5. The van der Waals surface area contributed by atoms with Crippen LogP contribution in [0, 0.1) is 10.8 Å². The van der Waals surface area contributed by atoms with Crippen molar-refractivity contribution in [1.82, 2.24) is 18.8 Å². The van der Waals surface area contributed by atoms with Gasteiger partial charge in [0.25, 0.3) is 5.56 Å². The summed E-state index contributed by atoms with van der Waals surface area (Å²) in [6, 6.07) is 4.57. The molecule has 2 aromatic heterocycles. The number of nitrogens with zero attached hydrogens (tertiary/aromatic N) is 4. The summed E-state index contributed by atoms with van der Waals surface area (Å²) >= 11 is 0. The highest BCUT2D eigenvalue weighted by Gasteiger charge is 2.37. The van der Waals surface area contributed by atoms with Crippen LogP contribution in [0.2, 0.25) is 0 Å². The lowest BCUT2D eigenvalue weighted by molar-refractivity contribution is -0.984. The molecule has 43 heavy (non-hydrogen) atoms. The van der Waals surface area contributed by atoms with E-state index in [4.69, 9.17) is 19.8 Å². The largest absolute Gasteiger partial charge is 0.493 e. The summed E-state index contributed by atoms with van der Waals surface area (Å²) in [5.41, 5.74) is 2.09. The average molecular weight is 623 g/mol. The van der Waals surface area contributed by atoms with E-state index in [9.17, 15) is 18.1 Å². The molecule has 3 heterocycles. The summed E-state index contributed by atoms with van der Waals surface area (Å²) in [6.45, 7) is 7.02. The summed E-state index contributed by atoms with van der Waals surface area (Å²) in [5.74, 6) is 0.382. The number of hydrogen-bond donors (Lipinski definition) is 2. The summed E-state index contributed by atoms with van der Waals surface area (Å²) < 4.78 is 36.8. The molecule has 15 heteroatoms. The van der Waals surface area contributed by atoms with Gasteiger partial charge in [-0.25, -0.2) is 18.3 Å². The van der Waals surface area contributed by atoms with E-state index in [1.54, 1.807) is 6.07 Å². The highest BCUT2D eigenvalue weighted by molar-refractivity contribution is 7.89. The van der Waals surface area contributed by atoms with Gasteiger partial charge in [0.2, 0.25) is 16.1 Å². The Morgan fingerprint density at radius 1 is 1.19 bits per heavy atom. The van der Waals surface area contributed by atoms with E-state index < -0.39 is 16.1 Å². The minimum atomic E-state index is -3.95. The molecule has 0 amide bonds. The van der Waals surface area contributed by atoms with Crippen molar-refractivity contribution in [3.8, 4) is 17.1 Å². The number of H-pyrrole nitrogens is 1. The Hall–Kier alpha value is -3.53. The molecule has 0 spiro atoms. The SMILES string of the molecule is CCCOc1ccc(S(=O)(=O)N2CCC([C@H](COO)O[N+](=O)OC)CC2)cc1-c1nc2c(CCC)cn(CC)c2c(=O)[nH]1. The number of ether oxygens (including phenoxy) is 1. The average Bonchev–Trinajstić information content (AvgIpc) is 3.37. The lowest BCUT2D eigenvalue weighted by atomic mass is 9.92. The molecule has 1 aliphatic rings. The number of rotatable bonds is 15. The van der Waals surface area contributed by atoms with Crippen LogP contribution in [0.4, 0.5) is 0 Å². The van der Waals surface area contributed by atoms with Gasteiger partial charge in [0.05, 0.1) is 22.6 Å². The Morgan fingerprint density at radius 2 is 1.93 bits per heavy atom. The Morgan fingerprint density at radius 3 is 2.56 bits per heavy atom. The lowest BCUT2D eigenvalue weighted by Gasteiger charge is -2.32. The zero-order chi connectivity index (χ0) is 31.1. The topological polar surface area (TPSA) is 165 Å². The Balaban J connectivity index is 1.68. The number of fused-ring (bicyclic) bond motifs is 1. The van der Waals surface area contributed by atoms with Crippen molar-refractivity contribution in [3.63, 3.8) is 0 Å². The number of nitrogens with one attached hydrogen (secondary N) is 1. The smallest absolute Gasteiger partial charge is 0.477 e. The molecule has 0 radical (unpaired) electrons. The van der Waals surface area contributed by atoms with E-state index in [-0.39, 0.29) is 47.0 Å². The van der Waals surface area contributed by atoms with E-state index in [0.29, 0.717) is 48.3 Å². The lowest BCUT2D eigenvalue weighted by Crippen LogP contribution is -2.43. The highest BCUT2D eigenvalue weighted by atomic mass is 32.2. The van der Waals surface area contributed by atoms with Crippen LogP contribution >= 0.6 is 0 Å². The third-order valence-corrected chi connectivity index (χ3v) is 9.49. The standard InChI is InChI=1S/C28H39N5O9S/c1-5-8-20-17-31(7-3)26-25(20)29-27(30-28(26)34)22-16-21(9-10-23(22)40-15-6-2)43(37,38)32-13-11-19(12-14-32)24(18-41-36)42-33(35)39-4/h9-10,16-17,19,24H,5-8,11-15,18H2,1-4H3,(H-,29,30,34,36)/p+1/t24-/m0/s1. The fraction of sp³-hybridized carbons (Fsp3) is 0.571. The molecule has 0 bridgehead atoms. The zero-order valence-electron chi connectivity index (χ0n) is 24.9. The van der Waals surface area contributed by atoms with E-state index >= 15 is 0 Å². The molecular weight excluding hydrogens is 582 g/mol. The number of hydrogen-bond acceptors (Lipinski definition) is 10. The van der Waals surface area contributed by atoms with Crippen LogP contribution in [0.1, 0.15) is 52.0 Å². The molecule has 1 atom stereocenters. The molecule has 1 saturated heterocycles. The van der Waals surface area contributed by atoms with Gasteiger partial charge in [0.15, 0.2) is 7.11 Å². The first-order chi connectivity index (χ1) is 20.7. The van der Waals surface area contributed by atoms with Gasteiger partial charge in [0.1, 0.15) is 28.6 Å². The van der Waals surface area contributed by atoms with Gasteiger partial charge in [-0.2, -0.15) is 14.0 Å². The van der Waals surface area contributed by atoms with Crippen LogP contribution < -0.4 is 10.3 Å². The molecule has 4 rings (SSSR count). The van der Waals surface area contributed by atoms with Crippen molar-refractivity contribution in [2.75, 3.05) is 33.4 Å². The number of piperidine rings is 1. The first kappa shape index (κ1) is 32.4. The number of aryl methyl sites for hydroxylation is 2. The maximum absolute atomic E-state index is 13.8. The molecule has 0 unspecified atom stereocenters. The summed E-state index contributed by atoms with van der Waals surface area (Å²) in [5, 5.41) is 8.85. The second-order valence-electron chi connectivity index (χ2n) is 10.4. The van der Waals surface area contributed by atoms with E-state index in [1.807, 2.05) is 24.6 Å². The molecule has 3 aromatic rings. The van der Waals surface area contributed by atoms with Crippen LogP contribution in [0.15, 0.2) is 34.1 Å². The van der Waals surface area contributed by atoms with Crippen LogP contribution in [-0.4, -0.2) is 77.1 Å². The van der Waals surface area contributed by atoms with Crippen molar-refractivity contribution in [2.24, 2.45) is 5.92 Å². The van der Waals surface area contributed by atoms with E-state index in [1.165, 1.54) is 16.4 Å². The van der Waals surface area contributed by atoms with Crippen molar-refractivity contribution < 1.29 is 38.1 Å². The van der Waals surface area contributed by atoms with Gasteiger partial charge in [-0.1, -0.05) is 20.3 Å². The van der Waals surface area contributed by atoms with Crippen molar-refractivity contribution >= 4 is 21.1 Å². The third-order valence-electron chi connectivity index (χ3n) is 7.60. The molecule has 0 saturated carbocycles. The highest BCUT2D eigenvalue weighted by Crippen LogP contribution is 2.34. The second kappa shape index (κ2) is 14.3. The molecule has 236 valence electrons. The zero-order valence-corrected chi connectivity index (χ0v) is 25.8. The molecule has 0 aliphatic carbocycles. The Kier molecular flexibility index (Phi) is 10.8. The van der Waals surface area contributed by atoms with Gasteiger partial charge in [-0.15, -0.1) is 0 Å². The van der Waals surface area contributed by atoms with Crippen LogP contribution in [0.5, 0.6) is 5.75 Å². The van der Waals surface area contributed by atoms with E-state index in [2.05, 4.69) is 21.6 Å². The van der Waals surface area contributed by atoms with Crippen molar-refractivity contribution in [2.45, 2.75) is 70.4 Å².